The highest BCUT2D eigenvalue weighted by molar-refractivity contribution is 6.33. The van der Waals surface area contributed by atoms with Crippen molar-refractivity contribution >= 4 is 23.5 Å². The lowest BCUT2D eigenvalue weighted by molar-refractivity contribution is -0.154. The number of esters is 1. The van der Waals surface area contributed by atoms with Gasteiger partial charge in [0.1, 0.15) is 0 Å². The van der Waals surface area contributed by atoms with Crippen LogP contribution in [0.25, 0.3) is 0 Å². The van der Waals surface area contributed by atoms with Crippen LogP contribution in [0.2, 0.25) is 0 Å². The number of hydrogen-bond donors (Lipinski definition) is 1. The van der Waals surface area contributed by atoms with E-state index in [2.05, 4.69) is 0 Å². The minimum absolute atomic E-state index is 0.294. The first-order valence-corrected chi connectivity index (χ1v) is 8.28. The molecular formula is C17H28O6. The van der Waals surface area contributed by atoms with Crippen LogP contribution >= 0.6 is 0 Å². The second-order valence-electron chi connectivity index (χ2n) is 5.84. The van der Waals surface area contributed by atoms with Crippen LogP contribution < -0.4 is 0 Å². The molecule has 0 amide bonds. The van der Waals surface area contributed by atoms with Crippen LogP contribution in [0.4, 0.5) is 0 Å². The Morgan fingerprint density at radius 1 is 1.04 bits per heavy atom. The molecular weight excluding hydrogens is 300 g/mol. The van der Waals surface area contributed by atoms with Gasteiger partial charge in [0.2, 0.25) is 11.6 Å². The maximum atomic E-state index is 10.8. The summed E-state index contributed by atoms with van der Waals surface area (Å²) >= 11 is 0. The monoisotopic (exact) mass is 328 g/mol. The SMILES string of the molecule is CC(=O)C(=O)OCC1CCCCC1.CCC(CC)C(=O)C(=O)O. The lowest BCUT2D eigenvalue weighted by atomic mass is 9.90. The van der Waals surface area contributed by atoms with Crippen molar-refractivity contribution < 1.29 is 29.0 Å². The van der Waals surface area contributed by atoms with E-state index in [0.717, 1.165) is 12.8 Å². The fraction of sp³-hybridized carbons (Fsp3) is 0.765. The van der Waals surface area contributed by atoms with Crippen molar-refractivity contribution in [2.75, 3.05) is 6.61 Å². The summed E-state index contributed by atoms with van der Waals surface area (Å²) in [7, 11) is 0. The molecule has 0 radical (unpaired) electrons. The van der Waals surface area contributed by atoms with Crippen LogP contribution in [-0.4, -0.2) is 35.2 Å². The topological polar surface area (TPSA) is 97.7 Å². The highest BCUT2D eigenvalue weighted by Gasteiger charge is 2.20. The van der Waals surface area contributed by atoms with Crippen molar-refractivity contribution in [2.45, 2.75) is 65.7 Å². The number of carbonyl (C=O) groups is 4. The summed E-state index contributed by atoms with van der Waals surface area (Å²) < 4.78 is 4.85. The molecule has 0 heterocycles. The average molecular weight is 328 g/mol. The number of aliphatic carboxylic acids is 1. The van der Waals surface area contributed by atoms with Gasteiger partial charge in [-0.15, -0.1) is 0 Å². The molecule has 0 saturated heterocycles. The molecule has 23 heavy (non-hydrogen) atoms. The molecule has 0 atom stereocenters. The molecule has 1 aliphatic carbocycles. The van der Waals surface area contributed by atoms with E-state index < -0.39 is 23.5 Å². The zero-order valence-electron chi connectivity index (χ0n) is 14.3. The van der Waals surface area contributed by atoms with Gasteiger partial charge in [-0.05, 0) is 31.6 Å². The van der Waals surface area contributed by atoms with E-state index in [1.807, 2.05) is 13.8 Å². The Balaban J connectivity index is 0.000000438. The molecule has 0 aromatic rings. The first kappa shape index (κ1) is 21.3. The summed E-state index contributed by atoms with van der Waals surface area (Å²) in [5.74, 6) is -2.98. The Morgan fingerprint density at radius 2 is 1.57 bits per heavy atom. The molecule has 0 aromatic carbocycles. The van der Waals surface area contributed by atoms with E-state index in [1.54, 1.807) is 0 Å². The molecule has 1 fully saturated rings. The number of Topliss-reactive ketones (excluding diaryl/α,β-unsaturated/α-hetero) is 2. The number of ether oxygens (including phenoxy) is 1. The van der Waals surface area contributed by atoms with Crippen LogP contribution in [0.1, 0.15) is 65.7 Å². The molecule has 6 nitrogen and oxygen atoms in total. The van der Waals surface area contributed by atoms with E-state index in [0.29, 0.717) is 25.4 Å². The molecule has 132 valence electrons. The van der Waals surface area contributed by atoms with E-state index in [1.165, 1.54) is 26.2 Å². The van der Waals surface area contributed by atoms with Crippen molar-refractivity contribution in [2.24, 2.45) is 11.8 Å². The summed E-state index contributed by atoms with van der Waals surface area (Å²) in [6, 6.07) is 0. The van der Waals surface area contributed by atoms with Gasteiger partial charge in [-0.2, -0.15) is 0 Å². The summed E-state index contributed by atoms with van der Waals surface area (Å²) in [5.41, 5.74) is 0. The first-order chi connectivity index (χ1) is 10.8. The predicted molar refractivity (Wildman–Crippen MR) is 84.9 cm³/mol. The molecule has 0 aromatic heterocycles. The van der Waals surface area contributed by atoms with Crippen molar-refractivity contribution in [3.05, 3.63) is 0 Å². The van der Waals surface area contributed by atoms with Crippen LogP contribution in [0.3, 0.4) is 0 Å². The van der Waals surface area contributed by atoms with Crippen LogP contribution in [-0.2, 0) is 23.9 Å². The maximum absolute atomic E-state index is 10.8. The molecule has 0 spiro atoms. The average Bonchev–Trinajstić information content (AvgIpc) is 2.55. The number of carbonyl (C=O) groups excluding carboxylic acids is 3. The van der Waals surface area contributed by atoms with Gasteiger partial charge in [0.25, 0.3) is 0 Å². The second-order valence-corrected chi connectivity index (χ2v) is 5.84. The molecule has 1 saturated carbocycles. The molecule has 1 rings (SSSR count). The van der Waals surface area contributed by atoms with Crippen molar-refractivity contribution in [3.63, 3.8) is 0 Å². The quantitative estimate of drug-likeness (QED) is 0.570. The van der Waals surface area contributed by atoms with Gasteiger partial charge in [0.15, 0.2) is 0 Å². The van der Waals surface area contributed by atoms with E-state index in [-0.39, 0.29) is 5.92 Å². The molecule has 6 heteroatoms. The smallest absolute Gasteiger partial charge is 0.374 e. The standard InChI is InChI=1S/C10H16O3.C7H12O3/c1-8(11)10(12)13-7-9-5-3-2-4-6-9;1-3-5(4-2)6(8)7(9)10/h9H,2-7H2,1H3;5H,3-4H2,1-2H3,(H,9,10). The van der Waals surface area contributed by atoms with E-state index in [4.69, 9.17) is 9.84 Å². The number of carboxylic acids is 1. The van der Waals surface area contributed by atoms with Gasteiger partial charge in [0, 0.05) is 12.8 Å². The zero-order chi connectivity index (χ0) is 17.8. The third-order valence-electron chi connectivity index (χ3n) is 4.03. The Labute approximate surface area is 137 Å². The van der Waals surface area contributed by atoms with E-state index >= 15 is 0 Å². The van der Waals surface area contributed by atoms with Gasteiger partial charge in [-0.25, -0.2) is 9.59 Å². The summed E-state index contributed by atoms with van der Waals surface area (Å²) in [6.45, 7) is 5.30. The van der Waals surface area contributed by atoms with Gasteiger partial charge in [-0.3, -0.25) is 9.59 Å². The van der Waals surface area contributed by atoms with Crippen molar-refractivity contribution in [1.82, 2.24) is 0 Å². The Morgan fingerprint density at radius 3 is 1.91 bits per heavy atom. The summed E-state index contributed by atoms with van der Waals surface area (Å²) in [5, 5.41) is 8.27. The second kappa shape index (κ2) is 11.8. The molecule has 0 unspecified atom stereocenters. The van der Waals surface area contributed by atoms with Crippen LogP contribution in [0.15, 0.2) is 0 Å². The lowest BCUT2D eigenvalue weighted by Gasteiger charge is -2.20. The fourth-order valence-corrected chi connectivity index (χ4v) is 2.48. The zero-order valence-corrected chi connectivity index (χ0v) is 14.3. The highest BCUT2D eigenvalue weighted by Crippen LogP contribution is 2.23. The van der Waals surface area contributed by atoms with Crippen LogP contribution in [0.5, 0.6) is 0 Å². The summed E-state index contributed by atoms with van der Waals surface area (Å²) in [6.07, 6.45) is 7.22. The maximum Gasteiger partial charge on any atom is 0.374 e. The van der Waals surface area contributed by atoms with Gasteiger partial charge >= 0.3 is 11.9 Å². The minimum atomic E-state index is -1.31. The first-order valence-electron chi connectivity index (χ1n) is 8.28. The predicted octanol–water partition coefficient (Wildman–Crippen LogP) is 2.78. The third-order valence-corrected chi connectivity index (χ3v) is 4.03. The Hall–Kier alpha value is -1.72. The Bertz CT molecular complexity index is 405. The number of hydrogen-bond acceptors (Lipinski definition) is 5. The minimum Gasteiger partial charge on any atom is -0.475 e. The van der Waals surface area contributed by atoms with Crippen molar-refractivity contribution in [1.29, 1.82) is 0 Å². The summed E-state index contributed by atoms with van der Waals surface area (Å²) in [4.78, 5) is 42.2. The third kappa shape index (κ3) is 9.11. The van der Waals surface area contributed by atoms with Gasteiger partial charge in [0.05, 0.1) is 6.61 Å². The molecule has 1 N–H and O–H groups in total. The Kier molecular flexibility index (Phi) is 10.9. The van der Waals surface area contributed by atoms with E-state index in [9.17, 15) is 19.2 Å². The number of rotatable bonds is 7. The van der Waals surface area contributed by atoms with Gasteiger partial charge < -0.3 is 9.84 Å². The fourth-order valence-electron chi connectivity index (χ4n) is 2.48. The number of carboxylic acid groups (broad SMARTS) is 1. The lowest BCUT2D eigenvalue weighted by Crippen LogP contribution is -2.21. The largest absolute Gasteiger partial charge is 0.475 e. The van der Waals surface area contributed by atoms with Crippen molar-refractivity contribution in [3.8, 4) is 0 Å². The molecule has 1 aliphatic rings. The molecule has 0 aliphatic heterocycles. The van der Waals surface area contributed by atoms with Gasteiger partial charge in [-0.1, -0.05) is 33.1 Å². The highest BCUT2D eigenvalue weighted by atomic mass is 16.5. The number of ketones is 2. The van der Waals surface area contributed by atoms with Crippen LogP contribution in [0, 0.1) is 11.8 Å². The normalized spacial score (nSPS) is 14.6. The molecule has 0 bridgehead atoms.